The van der Waals surface area contributed by atoms with Crippen LogP contribution in [0.5, 0.6) is 0 Å². The maximum Gasteiger partial charge on any atom is 0.311 e. The molecule has 0 amide bonds. The Bertz CT molecular complexity index is 447. The van der Waals surface area contributed by atoms with Crippen LogP contribution in [0.15, 0.2) is 12.1 Å². The van der Waals surface area contributed by atoms with Crippen molar-refractivity contribution in [2.45, 2.75) is 6.42 Å². The van der Waals surface area contributed by atoms with E-state index < -0.39 is 40.2 Å². The van der Waals surface area contributed by atoms with Gasteiger partial charge in [-0.05, 0) is 12.1 Å². The molecule has 0 fully saturated rings. The largest absolute Gasteiger partial charge is 0.469 e. The molecule has 1 aromatic carbocycles. The van der Waals surface area contributed by atoms with Crippen molar-refractivity contribution in [3.8, 4) is 0 Å². The molecule has 0 aliphatic carbocycles. The first-order valence-electron chi connectivity index (χ1n) is 4.15. The van der Waals surface area contributed by atoms with E-state index in [1.165, 1.54) is 0 Å². The summed E-state index contributed by atoms with van der Waals surface area (Å²) >= 11 is 0. The minimum atomic E-state index is -1.19. The molecular formula is C9H7F2NO4. The minimum Gasteiger partial charge on any atom is -0.469 e. The minimum absolute atomic E-state index is 0.614. The zero-order valence-corrected chi connectivity index (χ0v) is 8.20. The number of nitro benzene ring substituents is 1. The smallest absolute Gasteiger partial charge is 0.311 e. The SMILES string of the molecule is COC(=O)Cc1c(F)ccc(F)c1[N+](=O)[O-]. The lowest BCUT2D eigenvalue weighted by molar-refractivity contribution is -0.388. The summed E-state index contributed by atoms with van der Waals surface area (Å²) in [5.74, 6) is -3.09. The lowest BCUT2D eigenvalue weighted by Gasteiger charge is -2.03. The number of halogens is 2. The number of hydrogen-bond acceptors (Lipinski definition) is 4. The van der Waals surface area contributed by atoms with Crippen molar-refractivity contribution in [1.82, 2.24) is 0 Å². The summed E-state index contributed by atoms with van der Waals surface area (Å²) in [5.41, 5.74) is -1.65. The number of benzene rings is 1. The summed E-state index contributed by atoms with van der Waals surface area (Å²) in [6, 6.07) is 1.36. The highest BCUT2D eigenvalue weighted by Crippen LogP contribution is 2.25. The van der Waals surface area contributed by atoms with E-state index in [4.69, 9.17) is 0 Å². The van der Waals surface area contributed by atoms with E-state index in [0.717, 1.165) is 13.2 Å². The van der Waals surface area contributed by atoms with Gasteiger partial charge in [-0.1, -0.05) is 0 Å². The fourth-order valence-electron chi connectivity index (χ4n) is 1.17. The monoisotopic (exact) mass is 231 g/mol. The Balaban J connectivity index is 3.28. The van der Waals surface area contributed by atoms with Crippen LogP contribution in [0.1, 0.15) is 5.56 Å². The Kier molecular flexibility index (Phi) is 3.49. The average molecular weight is 231 g/mol. The highest BCUT2D eigenvalue weighted by molar-refractivity contribution is 5.74. The topological polar surface area (TPSA) is 69.4 Å². The van der Waals surface area contributed by atoms with Gasteiger partial charge in [0.1, 0.15) is 5.82 Å². The fourth-order valence-corrected chi connectivity index (χ4v) is 1.17. The first-order valence-corrected chi connectivity index (χ1v) is 4.15. The molecule has 0 unspecified atom stereocenters. The van der Waals surface area contributed by atoms with Crippen molar-refractivity contribution in [2.75, 3.05) is 7.11 Å². The maximum absolute atomic E-state index is 13.2. The van der Waals surface area contributed by atoms with Crippen LogP contribution >= 0.6 is 0 Å². The van der Waals surface area contributed by atoms with Gasteiger partial charge in [0.05, 0.1) is 24.0 Å². The second kappa shape index (κ2) is 4.65. The van der Waals surface area contributed by atoms with Crippen LogP contribution in [0.2, 0.25) is 0 Å². The highest BCUT2D eigenvalue weighted by atomic mass is 19.1. The molecule has 5 nitrogen and oxygen atoms in total. The second-order valence-electron chi connectivity index (χ2n) is 2.87. The number of ether oxygens (including phenoxy) is 1. The van der Waals surface area contributed by atoms with Gasteiger partial charge in [0.15, 0.2) is 0 Å². The summed E-state index contributed by atoms with van der Waals surface area (Å²) < 4.78 is 30.5. The molecule has 0 aromatic heterocycles. The zero-order valence-electron chi connectivity index (χ0n) is 8.20. The van der Waals surface area contributed by atoms with Crippen molar-refractivity contribution in [3.63, 3.8) is 0 Å². The third kappa shape index (κ3) is 2.30. The van der Waals surface area contributed by atoms with Crippen LogP contribution in [0, 0.1) is 21.7 Å². The summed E-state index contributed by atoms with van der Waals surface area (Å²) in [5, 5.41) is 10.5. The van der Waals surface area contributed by atoms with E-state index in [-0.39, 0.29) is 0 Å². The number of carbonyl (C=O) groups is 1. The molecule has 0 aliphatic rings. The Morgan fingerprint density at radius 3 is 2.50 bits per heavy atom. The molecule has 0 bridgehead atoms. The van der Waals surface area contributed by atoms with Gasteiger partial charge < -0.3 is 4.74 Å². The van der Waals surface area contributed by atoms with E-state index >= 15 is 0 Å². The zero-order chi connectivity index (χ0) is 12.3. The van der Waals surface area contributed by atoms with Crippen LogP contribution < -0.4 is 0 Å². The molecule has 0 saturated heterocycles. The van der Waals surface area contributed by atoms with Crippen molar-refractivity contribution in [1.29, 1.82) is 0 Å². The molecule has 1 aromatic rings. The van der Waals surface area contributed by atoms with E-state index in [1.807, 2.05) is 0 Å². The quantitative estimate of drug-likeness (QED) is 0.450. The molecule has 16 heavy (non-hydrogen) atoms. The molecule has 0 heterocycles. The van der Waals surface area contributed by atoms with E-state index in [9.17, 15) is 23.7 Å². The number of esters is 1. The predicted molar refractivity (Wildman–Crippen MR) is 48.7 cm³/mol. The molecule has 0 radical (unpaired) electrons. The molecule has 0 saturated carbocycles. The highest BCUT2D eigenvalue weighted by Gasteiger charge is 2.25. The summed E-state index contributed by atoms with van der Waals surface area (Å²) in [6.45, 7) is 0. The number of nitro groups is 1. The van der Waals surface area contributed by atoms with Gasteiger partial charge in [-0.25, -0.2) is 4.39 Å². The summed E-state index contributed by atoms with van der Waals surface area (Å²) in [4.78, 5) is 20.3. The van der Waals surface area contributed by atoms with Gasteiger partial charge in [0, 0.05) is 0 Å². The van der Waals surface area contributed by atoms with Crippen molar-refractivity contribution in [3.05, 3.63) is 39.4 Å². The van der Waals surface area contributed by atoms with Crippen molar-refractivity contribution in [2.24, 2.45) is 0 Å². The Morgan fingerprint density at radius 1 is 1.44 bits per heavy atom. The van der Waals surface area contributed by atoms with E-state index in [2.05, 4.69) is 4.74 Å². The summed E-state index contributed by atoms with van der Waals surface area (Å²) in [6.07, 6.45) is -0.684. The molecule has 7 heteroatoms. The standard InChI is InChI=1S/C9H7F2NO4/c1-16-8(13)4-5-6(10)2-3-7(11)9(5)12(14)15/h2-3H,4H2,1H3. The van der Waals surface area contributed by atoms with Gasteiger partial charge in [-0.3, -0.25) is 14.9 Å². The molecule has 0 atom stereocenters. The van der Waals surface area contributed by atoms with Crippen LogP contribution in [0.4, 0.5) is 14.5 Å². The number of nitrogens with zero attached hydrogens (tertiary/aromatic N) is 1. The van der Waals surface area contributed by atoms with Gasteiger partial charge in [-0.2, -0.15) is 4.39 Å². The molecule has 0 spiro atoms. The Labute approximate surface area is 88.8 Å². The molecule has 1 rings (SSSR count). The number of methoxy groups -OCH3 is 1. The Hall–Kier alpha value is -2.05. The van der Waals surface area contributed by atoms with E-state index in [1.54, 1.807) is 0 Å². The van der Waals surface area contributed by atoms with Gasteiger partial charge in [-0.15, -0.1) is 0 Å². The van der Waals surface area contributed by atoms with Crippen LogP contribution in [0.3, 0.4) is 0 Å². The normalized spacial score (nSPS) is 9.94. The third-order valence-electron chi connectivity index (χ3n) is 1.91. The number of carbonyl (C=O) groups excluding carboxylic acids is 1. The molecular weight excluding hydrogens is 224 g/mol. The van der Waals surface area contributed by atoms with Gasteiger partial charge >= 0.3 is 11.7 Å². The third-order valence-corrected chi connectivity index (χ3v) is 1.91. The van der Waals surface area contributed by atoms with Crippen LogP contribution in [-0.2, 0) is 16.0 Å². The number of rotatable bonds is 3. The van der Waals surface area contributed by atoms with Crippen molar-refractivity contribution >= 4 is 11.7 Å². The molecule has 86 valence electrons. The van der Waals surface area contributed by atoms with Crippen molar-refractivity contribution < 1.29 is 23.2 Å². The lowest BCUT2D eigenvalue weighted by Crippen LogP contribution is -2.10. The predicted octanol–water partition coefficient (Wildman–Crippen LogP) is 1.59. The lowest BCUT2D eigenvalue weighted by atomic mass is 10.1. The summed E-state index contributed by atoms with van der Waals surface area (Å²) in [7, 11) is 1.05. The van der Waals surface area contributed by atoms with Gasteiger partial charge in [0.2, 0.25) is 5.82 Å². The number of hydrogen-bond donors (Lipinski definition) is 0. The first-order chi connectivity index (χ1) is 7.47. The average Bonchev–Trinajstić information content (AvgIpc) is 2.22. The van der Waals surface area contributed by atoms with E-state index in [0.29, 0.717) is 6.07 Å². The maximum atomic E-state index is 13.2. The van der Waals surface area contributed by atoms with Gasteiger partial charge in [0.25, 0.3) is 0 Å². The van der Waals surface area contributed by atoms with Crippen LogP contribution in [-0.4, -0.2) is 18.0 Å². The Morgan fingerprint density at radius 2 is 2.00 bits per heavy atom. The second-order valence-corrected chi connectivity index (χ2v) is 2.87. The first kappa shape index (κ1) is 12.0. The molecule has 0 aliphatic heterocycles. The van der Waals surface area contributed by atoms with Crippen LogP contribution in [0.25, 0.3) is 0 Å². The molecule has 0 N–H and O–H groups in total. The fraction of sp³-hybridized carbons (Fsp3) is 0.222.